The second kappa shape index (κ2) is 6.10. The van der Waals surface area contributed by atoms with E-state index in [2.05, 4.69) is 5.32 Å². The van der Waals surface area contributed by atoms with Crippen LogP contribution < -0.4 is 5.32 Å². The van der Waals surface area contributed by atoms with Gasteiger partial charge in [-0.2, -0.15) is 0 Å². The van der Waals surface area contributed by atoms with Crippen molar-refractivity contribution in [1.82, 2.24) is 10.2 Å². The summed E-state index contributed by atoms with van der Waals surface area (Å²) in [7, 11) is 0. The molecule has 0 aliphatic carbocycles. The number of hydrogen-bond acceptors (Lipinski definition) is 2. The third-order valence-electron chi connectivity index (χ3n) is 3.39. The Bertz CT molecular complexity index is 425. The summed E-state index contributed by atoms with van der Waals surface area (Å²) in [5, 5.41) is 3.07. The Morgan fingerprint density at radius 3 is 2.63 bits per heavy atom. The number of aryl methyl sites for hydroxylation is 1. The SMILES string of the molecule is CC1NC(CCc2ccccc2)C(=O)N1CC(F)F. The van der Waals surface area contributed by atoms with Gasteiger partial charge in [0.15, 0.2) is 0 Å². The smallest absolute Gasteiger partial charge is 0.255 e. The average molecular weight is 268 g/mol. The Morgan fingerprint density at radius 2 is 2.00 bits per heavy atom. The number of hydrogen-bond donors (Lipinski definition) is 1. The standard InChI is InChI=1S/C14H18F2N2O/c1-10-17-12(14(19)18(10)9-13(15)16)8-7-11-5-3-2-4-6-11/h2-6,10,12-13,17H,7-9H2,1H3. The topological polar surface area (TPSA) is 32.3 Å². The molecule has 0 saturated carbocycles. The minimum Gasteiger partial charge on any atom is -0.320 e. The minimum atomic E-state index is -2.49. The molecule has 1 fully saturated rings. The number of nitrogens with one attached hydrogen (secondary N) is 1. The van der Waals surface area contributed by atoms with Crippen LogP contribution in [-0.4, -0.2) is 36.0 Å². The Balaban J connectivity index is 1.90. The van der Waals surface area contributed by atoms with Crippen molar-refractivity contribution in [2.45, 2.75) is 38.4 Å². The van der Waals surface area contributed by atoms with Gasteiger partial charge in [-0.1, -0.05) is 30.3 Å². The number of rotatable bonds is 5. The summed E-state index contributed by atoms with van der Waals surface area (Å²) in [5.41, 5.74) is 1.15. The number of halogens is 2. The van der Waals surface area contributed by atoms with Crippen LogP contribution in [0.2, 0.25) is 0 Å². The predicted octanol–water partition coefficient (Wildman–Crippen LogP) is 2.03. The first-order valence-corrected chi connectivity index (χ1v) is 6.46. The third kappa shape index (κ3) is 3.50. The zero-order valence-corrected chi connectivity index (χ0v) is 10.9. The fraction of sp³-hybridized carbons (Fsp3) is 0.500. The zero-order valence-electron chi connectivity index (χ0n) is 10.9. The molecule has 1 N–H and O–H groups in total. The van der Waals surface area contributed by atoms with Crippen LogP contribution in [0.1, 0.15) is 18.9 Å². The molecule has 0 bridgehead atoms. The summed E-state index contributed by atoms with van der Waals surface area (Å²) in [6.45, 7) is 1.25. The quantitative estimate of drug-likeness (QED) is 0.886. The fourth-order valence-electron chi connectivity index (χ4n) is 2.40. The number of benzene rings is 1. The molecule has 0 spiro atoms. The van der Waals surface area contributed by atoms with Crippen molar-refractivity contribution in [3.05, 3.63) is 35.9 Å². The zero-order chi connectivity index (χ0) is 13.8. The van der Waals surface area contributed by atoms with Gasteiger partial charge in [-0.3, -0.25) is 10.1 Å². The molecule has 1 saturated heterocycles. The molecular formula is C14H18F2N2O. The first-order chi connectivity index (χ1) is 9.08. The van der Waals surface area contributed by atoms with Gasteiger partial charge in [0.1, 0.15) is 0 Å². The predicted molar refractivity (Wildman–Crippen MR) is 68.9 cm³/mol. The van der Waals surface area contributed by atoms with Crippen molar-refractivity contribution in [3.63, 3.8) is 0 Å². The number of nitrogens with zero attached hydrogens (tertiary/aromatic N) is 1. The van der Waals surface area contributed by atoms with Crippen LogP contribution in [0.4, 0.5) is 8.78 Å². The van der Waals surface area contributed by atoms with E-state index in [-0.39, 0.29) is 18.1 Å². The first-order valence-electron chi connectivity index (χ1n) is 6.46. The number of alkyl halides is 2. The molecule has 5 heteroatoms. The first kappa shape index (κ1) is 13.9. The summed E-state index contributed by atoms with van der Waals surface area (Å²) in [4.78, 5) is 13.2. The molecule has 1 aliphatic rings. The molecule has 3 nitrogen and oxygen atoms in total. The molecule has 0 aromatic heterocycles. The van der Waals surface area contributed by atoms with E-state index in [9.17, 15) is 13.6 Å². The highest BCUT2D eigenvalue weighted by Gasteiger charge is 2.37. The van der Waals surface area contributed by atoms with Crippen LogP contribution in [0.5, 0.6) is 0 Å². The number of carbonyl (C=O) groups is 1. The van der Waals surface area contributed by atoms with Crippen LogP contribution in [-0.2, 0) is 11.2 Å². The molecule has 1 aromatic rings. The van der Waals surface area contributed by atoms with Gasteiger partial charge in [-0.25, -0.2) is 8.78 Å². The highest BCUT2D eigenvalue weighted by Crippen LogP contribution is 2.16. The lowest BCUT2D eigenvalue weighted by Gasteiger charge is -2.19. The summed E-state index contributed by atoms with van der Waals surface area (Å²) in [5.74, 6) is -0.219. The highest BCUT2D eigenvalue weighted by molar-refractivity contribution is 5.84. The van der Waals surface area contributed by atoms with E-state index in [1.54, 1.807) is 6.92 Å². The van der Waals surface area contributed by atoms with E-state index in [1.165, 1.54) is 4.90 Å². The monoisotopic (exact) mass is 268 g/mol. The molecule has 2 unspecified atom stereocenters. The molecule has 2 rings (SSSR count). The van der Waals surface area contributed by atoms with Gasteiger partial charge in [0.2, 0.25) is 5.91 Å². The molecule has 0 radical (unpaired) electrons. The molecule has 1 aromatic carbocycles. The van der Waals surface area contributed by atoms with Crippen molar-refractivity contribution >= 4 is 5.91 Å². The third-order valence-corrected chi connectivity index (χ3v) is 3.39. The Labute approximate surface area is 111 Å². The van der Waals surface area contributed by atoms with Crippen molar-refractivity contribution in [2.75, 3.05) is 6.54 Å². The van der Waals surface area contributed by atoms with Crippen molar-refractivity contribution < 1.29 is 13.6 Å². The maximum absolute atomic E-state index is 12.4. The van der Waals surface area contributed by atoms with Gasteiger partial charge in [0, 0.05) is 0 Å². The maximum Gasteiger partial charge on any atom is 0.255 e. The highest BCUT2D eigenvalue weighted by atomic mass is 19.3. The molecule has 1 heterocycles. The summed E-state index contributed by atoms with van der Waals surface area (Å²) in [6, 6.07) is 9.48. The van der Waals surface area contributed by atoms with Crippen molar-refractivity contribution in [2.24, 2.45) is 0 Å². The number of carbonyl (C=O) groups excluding carboxylic acids is 1. The van der Waals surface area contributed by atoms with Gasteiger partial charge in [-0.05, 0) is 25.3 Å². The van der Waals surface area contributed by atoms with Crippen LogP contribution in [0.25, 0.3) is 0 Å². The summed E-state index contributed by atoms with van der Waals surface area (Å²) < 4.78 is 24.8. The van der Waals surface area contributed by atoms with Crippen molar-refractivity contribution in [1.29, 1.82) is 0 Å². The van der Waals surface area contributed by atoms with Gasteiger partial charge >= 0.3 is 0 Å². The molecule has 19 heavy (non-hydrogen) atoms. The molecule has 2 atom stereocenters. The van der Waals surface area contributed by atoms with Crippen LogP contribution in [0, 0.1) is 0 Å². The Kier molecular flexibility index (Phi) is 4.47. The van der Waals surface area contributed by atoms with Crippen LogP contribution in [0.15, 0.2) is 30.3 Å². The second-order valence-electron chi connectivity index (χ2n) is 4.80. The van der Waals surface area contributed by atoms with Gasteiger partial charge in [-0.15, -0.1) is 0 Å². The van der Waals surface area contributed by atoms with Gasteiger partial charge in [0.05, 0.1) is 18.8 Å². The van der Waals surface area contributed by atoms with Crippen LogP contribution >= 0.6 is 0 Å². The van der Waals surface area contributed by atoms with E-state index < -0.39 is 13.0 Å². The fourth-order valence-corrected chi connectivity index (χ4v) is 2.40. The van der Waals surface area contributed by atoms with Gasteiger partial charge < -0.3 is 4.90 Å². The van der Waals surface area contributed by atoms with E-state index in [4.69, 9.17) is 0 Å². The lowest BCUT2D eigenvalue weighted by atomic mass is 10.1. The molecular weight excluding hydrogens is 250 g/mol. The summed E-state index contributed by atoms with van der Waals surface area (Å²) in [6.07, 6.45) is -1.41. The maximum atomic E-state index is 12.4. The van der Waals surface area contributed by atoms with E-state index in [1.807, 2.05) is 30.3 Å². The van der Waals surface area contributed by atoms with E-state index >= 15 is 0 Å². The van der Waals surface area contributed by atoms with Gasteiger partial charge in [0.25, 0.3) is 6.43 Å². The van der Waals surface area contributed by atoms with Crippen molar-refractivity contribution in [3.8, 4) is 0 Å². The minimum absolute atomic E-state index is 0.219. The van der Waals surface area contributed by atoms with Crippen LogP contribution in [0.3, 0.4) is 0 Å². The lowest BCUT2D eigenvalue weighted by molar-refractivity contribution is -0.131. The number of amides is 1. The molecule has 1 aliphatic heterocycles. The normalized spacial score (nSPS) is 23.4. The lowest BCUT2D eigenvalue weighted by Crippen LogP contribution is -2.38. The average Bonchev–Trinajstić information content (AvgIpc) is 2.65. The Morgan fingerprint density at radius 1 is 1.32 bits per heavy atom. The molecule has 1 amide bonds. The largest absolute Gasteiger partial charge is 0.320 e. The molecule has 104 valence electrons. The Hall–Kier alpha value is -1.49. The van der Waals surface area contributed by atoms with E-state index in [0.29, 0.717) is 6.42 Å². The van der Waals surface area contributed by atoms with E-state index in [0.717, 1.165) is 12.0 Å². The second-order valence-corrected chi connectivity index (χ2v) is 4.80. The summed E-state index contributed by atoms with van der Waals surface area (Å²) >= 11 is 0.